The van der Waals surface area contributed by atoms with Crippen molar-refractivity contribution in [2.45, 2.75) is 45.6 Å². The average Bonchev–Trinajstić information content (AvgIpc) is 2.71. The molecule has 1 rings (SSSR count). The Balaban J connectivity index is 2.56. The van der Waals surface area contributed by atoms with Crippen LogP contribution < -0.4 is 11.1 Å². The number of amides is 2. The summed E-state index contributed by atoms with van der Waals surface area (Å²) in [4.78, 5) is 24.6. The highest BCUT2D eigenvalue weighted by Crippen LogP contribution is 2.22. The predicted molar refractivity (Wildman–Crippen MR) is 82.8 cm³/mol. The van der Waals surface area contributed by atoms with E-state index in [0.29, 0.717) is 23.6 Å². The fourth-order valence-corrected chi connectivity index (χ4v) is 3.21. The third-order valence-corrected chi connectivity index (χ3v) is 4.29. The monoisotopic (exact) mass is 316 g/mol. The molecule has 0 fully saturated rings. The van der Waals surface area contributed by atoms with Crippen LogP contribution in [0.3, 0.4) is 0 Å². The van der Waals surface area contributed by atoms with Crippen molar-refractivity contribution in [1.82, 2.24) is 5.32 Å². The number of thiophene rings is 1. The maximum absolute atomic E-state index is 12.0. The predicted octanol–water partition coefficient (Wildman–Crippen LogP) is 2.74. The summed E-state index contributed by atoms with van der Waals surface area (Å²) in [6, 6.07) is 3.72. The number of carbonyl (C=O) groups excluding carboxylic acids is 2. The van der Waals surface area contributed by atoms with Crippen LogP contribution in [-0.2, 0) is 16.0 Å². The molecule has 0 saturated carbocycles. The summed E-state index contributed by atoms with van der Waals surface area (Å²) >= 11 is 7.30. The average molecular weight is 317 g/mol. The molecule has 0 spiro atoms. The summed E-state index contributed by atoms with van der Waals surface area (Å²) in [7, 11) is 0. The molecule has 2 amide bonds. The molecule has 3 N–H and O–H groups in total. The van der Waals surface area contributed by atoms with E-state index < -0.39 is 11.4 Å². The molecule has 4 nitrogen and oxygen atoms in total. The number of rotatable bonds is 7. The van der Waals surface area contributed by atoms with Gasteiger partial charge in [-0.3, -0.25) is 9.59 Å². The van der Waals surface area contributed by atoms with Crippen LogP contribution in [0.25, 0.3) is 0 Å². The van der Waals surface area contributed by atoms with E-state index in [1.807, 2.05) is 26.0 Å². The molecule has 6 heteroatoms. The third kappa shape index (κ3) is 5.13. The lowest BCUT2D eigenvalue weighted by Crippen LogP contribution is -2.56. The van der Waals surface area contributed by atoms with E-state index in [4.69, 9.17) is 17.3 Å². The van der Waals surface area contributed by atoms with Gasteiger partial charge in [0.15, 0.2) is 0 Å². The summed E-state index contributed by atoms with van der Waals surface area (Å²) in [5, 5.41) is 2.76. The van der Waals surface area contributed by atoms with Crippen molar-refractivity contribution < 1.29 is 9.59 Å². The molecule has 1 atom stereocenters. The molecular weight excluding hydrogens is 296 g/mol. The molecule has 0 bridgehead atoms. The Hall–Kier alpha value is -1.07. The van der Waals surface area contributed by atoms with Gasteiger partial charge in [-0.05, 0) is 37.8 Å². The van der Waals surface area contributed by atoms with E-state index in [9.17, 15) is 9.59 Å². The molecule has 1 heterocycles. The first-order valence-electron chi connectivity index (χ1n) is 6.58. The van der Waals surface area contributed by atoms with Crippen LogP contribution in [0.2, 0.25) is 4.34 Å². The minimum atomic E-state index is -0.988. The minimum absolute atomic E-state index is 0.170. The topological polar surface area (TPSA) is 72.2 Å². The lowest BCUT2D eigenvalue weighted by atomic mass is 9.90. The number of nitrogens with two attached hydrogens (primary N) is 1. The van der Waals surface area contributed by atoms with Gasteiger partial charge in [-0.25, -0.2) is 0 Å². The Morgan fingerprint density at radius 1 is 1.45 bits per heavy atom. The zero-order chi connectivity index (χ0) is 15.3. The SMILES string of the molecule is CC(C)C[C@@](C)(NC(=O)CCc1ccc(Cl)s1)C(N)=O. The van der Waals surface area contributed by atoms with Gasteiger partial charge >= 0.3 is 0 Å². The molecular formula is C14H21ClN2O2S. The lowest BCUT2D eigenvalue weighted by molar-refractivity contribution is -0.131. The van der Waals surface area contributed by atoms with Crippen LogP contribution in [0, 0.1) is 5.92 Å². The molecule has 0 aliphatic carbocycles. The molecule has 0 aliphatic heterocycles. The highest BCUT2D eigenvalue weighted by atomic mass is 35.5. The van der Waals surface area contributed by atoms with Crippen LogP contribution >= 0.6 is 22.9 Å². The quantitative estimate of drug-likeness (QED) is 0.812. The van der Waals surface area contributed by atoms with E-state index in [0.717, 1.165) is 4.88 Å². The zero-order valence-electron chi connectivity index (χ0n) is 12.0. The van der Waals surface area contributed by atoms with Gasteiger partial charge in [0.05, 0.1) is 4.34 Å². The van der Waals surface area contributed by atoms with Gasteiger partial charge in [-0.2, -0.15) is 0 Å². The molecule has 0 aromatic carbocycles. The lowest BCUT2D eigenvalue weighted by Gasteiger charge is -2.29. The van der Waals surface area contributed by atoms with Crippen LogP contribution in [0.1, 0.15) is 38.5 Å². The van der Waals surface area contributed by atoms with Crippen molar-refractivity contribution in [1.29, 1.82) is 0 Å². The molecule has 0 radical (unpaired) electrons. The van der Waals surface area contributed by atoms with Gasteiger partial charge in [0.25, 0.3) is 0 Å². The molecule has 0 unspecified atom stereocenters. The molecule has 0 aliphatic rings. The second kappa shape index (κ2) is 7.09. The summed E-state index contributed by atoms with van der Waals surface area (Å²) < 4.78 is 0.710. The van der Waals surface area contributed by atoms with Crippen LogP contribution in [0.4, 0.5) is 0 Å². The number of carbonyl (C=O) groups is 2. The first-order valence-corrected chi connectivity index (χ1v) is 7.77. The van der Waals surface area contributed by atoms with Crippen molar-refractivity contribution in [3.8, 4) is 0 Å². The summed E-state index contributed by atoms with van der Waals surface area (Å²) in [6.07, 6.45) is 1.45. The maximum Gasteiger partial charge on any atom is 0.242 e. The van der Waals surface area contributed by atoms with Gasteiger partial charge in [0.1, 0.15) is 5.54 Å². The maximum atomic E-state index is 12.0. The van der Waals surface area contributed by atoms with Gasteiger partial charge in [-0.1, -0.05) is 25.4 Å². The molecule has 0 saturated heterocycles. The third-order valence-electron chi connectivity index (χ3n) is 3.00. The molecule has 20 heavy (non-hydrogen) atoms. The number of aryl methyl sites for hydroxylation is 1. The first kappa shape index (κ1) is 17.0. The van der Waals surface area contributed by atoms with E-state index in [1.54, 1.807) is 6.92 Å². The first-order chi connectivity index (χ1) is 9.23. The van der Waals surface area contributed by atoms with E-state index in [1.165, 1.54) is 11.3 Å². The van der Waals surface area contributed by atoms with Gasteiger partial charge in [0.2, 0.25) is 11.8 Å². The van der Waals surface area contributed by atoms with Crippen molar-refractivity contribution in [2.24, 2.45) is 11.7 Å². The van der Waals surface area contributed by atoms with Crippen LogP contribution in [-0.4, -0.2) is 17.4 Å². The Bertz CT molecular complexity index is 487. The fraction of sp³-hybridized carbons (Fsp3) is 0.571. The van der Waals surface area contributed by atoms with Gasteiger partial charge < -0.3 is 11.1 Å². The summed E-state index contributed by atoms with van der Waals surface area (Å²) in [5.41, 5.74) is 4.42. The van der Waals surface area contributed by atoms with Gasteiger partial charge in [-0.15, -0.1) is 11.3 Å². The molecule has 1 aromatic rings. The number of nitrogens with one attached hydrogen (secondary N) is 1. The fourth-order valence-electron chi connectivity index (χ4n) is 2.12. The van der Waals surface area contributed by atoms with Gasteiger partial charge in [0, 0.05) is 11.3 Å². The van der Waals surface area contributed by atoms with Crippen molar-refractivity contribution >= 4 is 34.8 Å². The Kier molecular flexibility index (Phi) is 6.02. The normalized spacial score (nSPS) is 14.1. The number of primary amides is 1. The highest BCUT2D eigenvalue weighted by Gasteiger charge is 2.33. The van der Waals surface area contributed by atoms with Crippen LogP contribution in [0.5, 0.6) is 0 Å². The standard InChI is InChI=1S/C14H21ClN2O2S/c1-9(2)8-14(3,13(16)19)17-12(18)7-5-10-4-6-11(15)20-10/h4,6,9H,5,7-8H2,1-3H3,(H2,16,19)(H,17,18)/t14-/m1/s1. The van der Waals surface area contributed by atoms with E-state index in [2.05, 4.69) is 5.32 Å². The van der Waals surface area contributed by atoms with E-state index >= 15 is 0 Å². The molecule has 1 aromatic heterocycles. The van der Waals surface area contributed by atoms with E-state index in [-0.39, 0.29) is 11.8 Å². The highest BCUT2D eigenvalue weighted by molar-refractivity contribution is 7.16. The smallest absolute Gasteiger partial charge is 0.242 e. The number of hydrogen-bond acceptors (Lipinski definition) is 3. The van der Waals surface area contributed by atoms with Crippen molar-refractivity contribution in [2.75, 3.05) is 0 Å². The Labute approximate surface area is 128 Å². The summed E-state index contributed by atoms with van der Waals surface area (Å²) in [5.74, 6) is -0.404. The minimum Gasteiger partial charge on any atom is -0.368 e. The second-order valence-corrected chi connectivity index (χ2v) is 7.35. The zero-order valence-corrected chi connectivity index (χ0v) is 13.6. The van der Waals surface area contributed by atoms with Crippen LogP contribution in [0.15, 0.2) is 12.1 Å². The Morgan fingerprint density at radius 2 is 2.10 bits per heavy atom. The number of hydrogen-bond donors (Lipinski definition) is 2. The second-order valence-electron chi connectivity index (χ2n) is 5.55. The Morgan fingerprint density at radius 3 is 2.55 bits per heavy atom. The number of halogens is 1. The van der Waals surface area contributed by atoms with Crippen molar-refractivity contribution in [3.63, 3.8) is 0 Å². The largest absolute Gasteiger partial charge is 0.368 e. The molecule has 112 valence electrons. The summed E-state index contributed by atoms with van der Waals surface area (Å²) in [6.45, 7) is 5.65. The van der Waals surface area contributed by atoms with Crippen molar-refractivity contribution in [3.05, 3.63) is 21.3 Å².